The number of hydrogen-bond acceptors (Lipinski definition) is 7. The molecule has 0 spiro atoms. The molecule has 3 rings (SSSR count). The van der Waals surface area contributed by atoms with Crippen LogP contribution in [0.15, 0.2) is 0 Å². The molecule has 3 fully saturated rings. The fraction of sp³-hybridized carbons (Fsp3) is 0.825. The molecular weight excluding hydrogens is 676 g/mol. The van der Waals surface area contributed by atoms with Gasteiger partial charge in [0.2, 0.25) is 29.4 Å². The van der Waals surface area contributed by atoms with Gasteiger partial charge in [-0.3, -0.25) is 33.7 Å². The molecule has 5 atom stereocenters. The topological polar surface area (TPSA) is 174 Å². The van der Waals surface area contributed by atoms with Crippen molar-refractivity contribution in [3.05, 3.63) is 0 Å². The SMILES string of the molecule is CCCCC(NC(=O)[C@@H]1C[C@@H](C(C)C)CN1C(=O)[C@@H](NC(=O)N[C@H](CN1C(=O)CC(C)(C)CC1=O)C(C)(C)C)C1CCCCC1)C(=O)C(=O)NCCC. The summed E-state index contributed by atoms with van der Waals surface area (Å²) in [4.78, 5) is 97.4. The van der Waals surface area contributed by atoms with E-state index in [2.05, 4.69) is 35.1 Å². The Hall–Kier alpha value is -3.51. The zero-order valence-electron chi connectivity index (χ0n) is 33.9. The van der Waals surface area contributed by atoms with Gasteiger partial charge in [0.25, 0.3) is 5.91 Å². The fourth-order valence-electron chi connectivity index (χ4n) is 7.77. The van der Waals surface area contributed by atoms with E-state index >= 15 is 0 Å². The van der Waals surface area contributed by atoms with Gasteiger partial charge < -0.3 is 26.2 Å². The Morgan fingerprint density at radius 1 is 0.868 bits per heavy atom. The average Bonchev–Trinajstić information content (AvgIpc) is 3.54. The number of nitrogens with zero attached hydrogens (tertiary/aromatic N) is 2. The van der Waals surface area contributed by atoms with Crippen LogP contribution in [0.5, 0.6) is 0 Å². The first-order chi connectivity index (χ1) is 24.8. The van der Waals surface area contributed by atoms with Gasteiger partial charge >= 0.3 is 6.03 Å². The van der Waals surface area contributed by atoms with E-state index in [1.54, 1.807) is 4.90 Å². The fourth-order valence-corrected chi connectivity index (χ4v) is 7.77. The van der Waals surface area contributed by atoms with Crippen molar-refractivity contribution in [1.29, 1.82) is 0 Å². The summed E-state index contributed by atoms with van der Waals surface area (Å²) < 4.78 is 0. The zero-order chi connectivity index (χ0) is 39.7. The number of hydrogen-bond donors (Lipinski definition) is 4. The van der Waals surface area contributed by atoms with Crippen molar-refractivity contribution in [2.45, 2.75) is 164 Å². The van der Waals surface area contributed by atoms with Crippen molar-refractivity contribution in [2.24, 2.45) is 28.6 Å². The van der Waals surface area contributed by atoms with Crippen molar-refractivity contribution in [1.82, 2.24) is 31.1 Å². The molecule has 1 saturated carbocycles. The monoisotopic (exact) mass is 745 g/mol. The van der Waals surface area contributed by atoms with Crippen LogP contribution in [0.1, 0.15) is 139 Å². The Kier molecular flexibility index (Phi) is 15.9. The van der Waals surface area contributed by atoms with Crippen LogP contribution < -0.4 is 21.3 Å². The minimum atomic E-state index is -1.01. The highest BCUT2D eigenvalue weighted by atomic mass is 16.2. The van der Waals surface area contributed by atoms with Crippen molar-refractivity contribution >= 4 is 41.4 Å². The van der Waals surface area contributed by atoms with E-state index in [0.29, 0.717) is 38.8 Å². The van der Waals surface area contributed by atoms with Gasteiger partial charge in [-0.15, -0.1) is 0 Å². The molecule has 2 heterocycles. The third-order valence-corrected chi connectivity index (χ3v) is 11.4. The molecule has 53 heavy (non-hydrogen) atoms. The Morgan fingerprint density at radius 2 is 1.49 bits per heavy atom. The smallest absolute Gasteiger partial charge is 0.315 e. The van der Waals surface area contributed by atoms with E-state index < -0.39 is 58.6 Å². The molecule has 13 nitrogen and oxygen atoms in total. The molecule has 0 aromatic carbocycles. The first-order valence-electron chi connectivity index (χ1n) is 20.1. The number of amides is 7. The number of rotatable bonds is 16. The summed E-state index contributed by atoms with van der Waals surface area (Å²) in [6, 6.07) is -3.96. The highest BCUT2D eigenvalue weighted by Crippen LogP contribution is 2.34. The molecule has 1 aliphatic carbocycles. The number of urea groups is 1. The lowest BCUT2D eigenvalue weighted by Crippen LogP contribution is -2.61. The minimum absolute atomic E-state index is 0.0167. The molecule has 300 valence electrons. The summed E-state index contributed by atoms with van der Waals surface area (Å²) in [5, 5.41) is 11.5. The van der Waals surface area contributed by atoms with Crippen LogP contribution >= 0.6 is 0 Å². The summed E-state index contributed by atoms with van der Waals surface area (Å²) in [7, 11) is 0. The number of imide groups is 1. The first-order valence-corrected chi connectivity index (χ1v) is 20.1. The average molecular weight is 745 g/mol. The molecule has 13 heteroatoms. The first kappa shape index (κ1) is 43.9. The predicted octanol–water partition coefficient (Wildman–Crippen LogP) is 4.47. The lowest BCUT2D eigenvalue weighted by atomic mass is 9.80. The molecular formula is C40H68N6O7. The van der Waals surface area contributed by atoms with Crippen LogP contribution in [0.4, 0.5) is 4.79 Å². The van der Waals surface area contributed by atoms with E-state index in [4.69, 9.17) is 0 Å². The Morgan fingerprint density at radius 3 is 2.04 bits per heavy atom. The standard InChI is InChI=1S/C40H68N6O7/c1-10-12-18-28(34(49)36(51)41-19-11-2)42-35(50)29-20-27(25(3)4)23-45(29)37(52)33(26-16-14-13-15-17-26)44-38(53)43-30(39(5,6)7)24-46-31(47)21-40(8,9)22-32(46)48/h25-30,33H,10-24H2,1-9H3,(H,41,51)(H,42,50)(H2,43,44,53)/t27-,28?,29+,30-,33+/m1/s1. The van der Waals surface area contributed by atoms with E-state index in [1.165, 1.54) is 4.90 Å². The second-order valence-electron chi connectivity index (χ2n) is 17.9. The number of carbonyl (C=O) groups excluding carboxylic acids is 7. The number of Topliss-reactive ketones (excluding diaryl/α,β-unsaturated/α-hetero) is 1. The Balaban J connectivity index is 1.86. The van der Waals surface area contributed by atoms with Crippen molar-refractivity contribution < 1.29 is 33.6 Å². The zero-order valence-corrected chi connectivity index (χ0v) is 33.9. The van der Waals surface area contributed by atoms with Gasteiger partial charge in [-0.25, -0.2) is 4.79 Å². The number of nitrogens with one attached hydrogen (secondary N) is 4. The molecule has 2 aliphatic heterocycles. The van der Waals surface area contributed by atoms with Gasteiger partial charge in [-0.1, -0.05) is 94.4 Å². The van der Waals surface area contributed by atoms with Gasteiger partial charge in [0.05, 0.1) is 12.1 Å². The van der Waals surface area contributed by atoms with Crippen LogP contribution in [0.25, 0.3) is 0 Å². The van der Waals surface area contributed by atoms with Crippen LogP contribution in [-0.2, 0) is 28.8 Å². The van der Waals surface area contributed by atoms with Gasteiger partial charge in [-0.05, 0) is 60.7 Å². The number of unbranched alkanes of at least 4 members (excludes halogenated alkanes) is 1. The third-order valence-electron chi connectivity index (χ3n) is 11.4. The highest BCUT2D eigenvalue weighted by molar-refractivity contribution is 6.38. The van der Waals surface area contributed by atoms with Gasteiger partial charge in [0.1, 0.15) is 12.1 Å². The van der Waals surface area contributed by atoms with E-state index in [1.807, 2.05) is 48.5 Å². The van der Waals surface area contributed by atoms with E-state index in [0.717, 1.165) is 38.5 Å². The van der Waals surface area contributed by atoms with Gasteiger partial charge in [0.15, 0.2) is 0 Å². The highest BCUT2D eigenvalue weighted by Gasteiger charge is 2.46. The molecule has 1 unspecified atom stereocenters. The molecule has 0 radical (unpaired) electrons. The summed E-state index contributed by atoms with van der Waals surface area (Å²) in [5.41, 5.74) is -0.953. The van der Waals surface area contributed by atoms with Gasteiger partial charge in [0, 0.05) is 32.5 Å². The van der Waals surface area contributed by atoms with Crippen LogP contribution in [0.3, 0.4) is 0 Å². The number of ketones is 1. The molecule has 0 aromatic heterocycles. The summed E-state index contributed by atoms with van der Waals surface area (Å²) in [6.45, 7) is 18.2. The second kappa shape index (κ2) is 19.2. The van der Waals surface area contributed by atoms with Crippen molar-refractivity contribution in [2.75, 3.05) is 19.6 Å². The van der Waals surface area contributed by atoms with Crippen LogP contribution in [0, 0.1) is 28.6 Å². The van der Waals surface area contributed by atoms with Crippen LogP contribution in [-0.4, -0.2) is 95.0 Å². The maximum atomic E-state index is 14.7. The van der Waals surface area contributed by atoms with Crippen molar-refractivity contribution in [3.8, 4) is 0 Å². The molecule has 0 aromatic rings. The lowest BCUT2D eigenvalue weighted by Gasteiger charge is -2.40. The third kappa shape index (κ3) is 12.3. The van der Waals surface area contributed by atoms with E-state index in [9.17, 15) is 33.6 Å². The molecule has 7 amide bonds. The summed E-state index contributed by atoms with van der Waals surface area (Å²) >= 11 is 0. The molecule has 2 saturated heterocycles. The van der Waals surface area contributed by atoms with Crippen molar-refractivity contribution in [3.63, 3.8) is 0 Å². The maximum absolute atomic E-state index is 14.7. The molecule has 4 N–H and O–H groups in total. The normalized spacial score (nSPS) is 22.6. The largest absolute Gasteiger partial charge is 0.349 e. The maximum Gasteiger partial charge on any atom is 0.315 e. The Bertz CT molecular complexity index is 1310. The van der Waals surface area contributed by atoms with E-state index in [-0.39, 0.29) is 54.9 Å². The summed E-state index contributed by atoms with van der Waals surface area (Å²) in [6.07, 6.45) is 7.61. The Labute approximate surface area is 317 Å². The molecule has 3 aliphatic rings. The predicted molar refractivity (Wildman–Crippen MR) is 203 cm³/mol. The number of carbonyl (C=O) groups is 7. The second-order valence-corrected chi connectivity index (χ2v) is 17.9. The quantitative estimate of drug-likeness (QED) is 0.133. The lowest BCUT2D eigenvalue weighted by molar-refractivity contribution is -0.153. The molecule has 0 bridgehead atoms. The number of piperidine rings is 1. The van der Waals surface area contributed by atoms with Gasteiger partial charge in [-0.2, -0.15) is 0 Å². The summed E-state index contributed by atoms with van der Waals surface area (Å²) in [5.74, 6) is -2.74. The minimum Gasteiger partial charge on any atom is -0.349 e. The number of likely N-dealkylation sites (tertiary alicyclic amines) is 2. The van der Waals surface area contributed by atoms with Crippen LogP contribution in [0.2, 0.25) is 0 Å².